The minimum absolute atomic E-state index is 0.177. The van der Waals surface area contributed by atoms with Crippen LogP contribution in [0.2, 0.25) is 10.0 Å². The topological polar surface area (TPSA) is 104 Å². The Balaban J connectivity index is 1.37. The highest BCUT2D eigenvalue weighted by Gasteiger charge is 2.43. The maximum atomic E-state index is 14.2. The van der Waals surface area contributed by atoms with Crippen molar-refractivity contribution in [1.29, 1.82) is 0 Å². The lowest BCUT2D eigenvalue weighted by Gasteiger charge is -2.42. The van der Waals surface area contributed by atoms with Crippen LogP contribution in [0.5, 0.6) is 0 Å². The van der Waals surface area contributed by atoms with E-state index in [2.05, 4.69) is 0 Å². The van der Waals surface area contributed by atoms with Crippen LogP contribution in [0.3, 0.4) is 0 Å². The minimum atomic E-state index is -1.19. The summed E-state index contributed by atoms with van der Waals surface area (Å²) in [4.78, 5) is 57.8. The van der Waals surface area contributed by atoms with E-state index in [4.69, 9.17) is 52.1 Å². The van der Waals surface area contributed by atoms with Crippen LogP contribution in [0.15, 0.2) is 103 Å². The zero-order valence-corrected chi connectivity index (χ0v) is 30.1. The van der Waals surface area contributed by atoms with Crippen LogP contribution in [0.1, 0.15) is 23.1 Å². The molecule has 4 aromatic rings. The van der Waals surface area contributed by atoms with E-state index in [1.54, 1.807) is 48.5 Å². The highest BCUT2D eigenvalue weighted by atomic mass is 35.5. The number of hydrogen-bond acceptors (Lipinski definition) is 4. The molecule has 12 heteroatoms. The lowest BCUT2D eigenvalue weighted by molar-refractivity contribution is -0.159. The van der Waals surface area contributed by atoms with Crippen molar-refractivity contribution in [1.82, 2.24) is 14.7 Å². The SMILES string of the molecule is NC(=O)CN(C(=O)CC1C(=O)N(C(Cl)Cc2ccc(Cl)cc2)CC(=O)N1CCc1ccc(-c2ccccc2)cc1)C(Cl)Cc1ccc(Cl)cc1. The molecular weight excluding hydrogens is 718 g/mol. The van der Waals surface area contributed by atoms with Gasteiger partial charge in [-0.2, -0.15) is 0 Å². The zero-order chi connectivity index (χ0) is 35.8. The lowest BCUT2D eigenvalue weighted by Crippen LogP contribution is -2.63. The molecule has 4 amide bonds. The summed E-state index contributed by atoms with van der Waals surface area (Å²) < 4.78 is 0. The number of benzene rings is 4. The van der Waals surface area contributed by atoms with Gasteiger partial charge >= 0.3 is 0 Å². The first-order valence-corrected chi connectivity index (χ1v) is 17.7. The van der Waals surface area contributed by atoms with Gasteiger partial charge in [0.05, 0.1) is 6.42 Å². The Kier molecular flexibility index (Phi) is 12.8. The molecule has 260 valence electrons. The van der Waals surface area contributed by atoms with Gasteiger partial charge in [-0.3, -0.25) is 19.2 Å². The third kappa shape index (κ3) is 9.79. The van der Waals surface area contributed by atoms with Crippen LogP contribution in [-0.4, -0.2) is 75.0 Å². The molecule has 0 radical (unpaired) electrons. The fourth-order valence-corrected chi connectivity index (χ4v) is 6.87. The molecule has 3 atom stereocenters. The monoisotopic (exact) mass is 752 g/mol. The number of nitrogens with zero attached hydrogens (tertiary/aromatic N) is 3. The molecule has 3 unspecified atom stereocenters. The predicted octanol–water partition coefficient (Wildman–Crippen LogP) is 6.56. The smallest absolute Gasteiger partial charge is 0.247 e. The van der Waals surface area contributed by atoms with Crippen molar-refractivity contribution in [3.63, 3.8) is 0 Å². The molecule has 4 aromatic carbocycles. The summed E-state index contributed by atoms with van der Waals surface area (Å²) in [6, 6.07) is 30.7. The molecule has 8 nitrogen and oxygen atoms in total. The molecule has 1 fully saturated rings. The summed E-state index contributed by atoms with van der Waals surface area (Å²) in [6.07, 6.45) is 0.461. The molecule has 1 saturated heterocycles. The fourth-order valence-electron chi connectivity index (χ4n) is 5.92. The number of primary amides is 1. The highest BCUT2D eigenvalue weighted by molar-refractivity contribution is 6.30. The molecule has 50 heavy (non-hydrogen) atoms. The molecule has 0 aromatic heterocycles. The van der Waals surface area contributed by atoms with E-state index in [1.165, 1.54) is 9.80 Å². The van der Waals surface area contributed by atoms with Crippen molar-refractivity contribution in [2.45, 2.75) is 42.7 Å². The summed E-state index contributed by atoms with van der Waals surface area (Å²) in [6.45, 7) is -0.546. The second-order valence-corrected chi connectivity index (χ2v) is 14.0. The Morgan fingerprint density at radius 3 is 1.88 bits per heavy atom. The first-order chi connectivity index (χ1) is 24.0. The number of piperazine rings is 1. The predicted molar refractivity (Wildman–Crippen MR) is 198 cm³/mol. The Labute approximate surface area is 311 Å². The molecular formula is C38H36Cl4N4O4. The summed E-state index contributed by atoms with van der Waals surface area (Å²) in [5.41, 5.74) is 8.37. The molecule has 0 spiro atoms. The van der Waals surface area contributed by atoms with Crippen molar-refractivity contribution < 1.29 is 19.2 Å². The fraction of sp³-hybridized carbons (Fsp3) is 0.263. The molecule has 0 aliphatic carbocycles. The van der Waals surface area contributed by atoms with Crippen molar-refractivity contribution in [3.05, 3.63) is 130 Å². The summed E-state index contributed by atoms with van der Waals surface area (Å²) in [7, 11) is 0. The van der Waals surface area contributed by atoms with Gasteiger partial charge in [-0.25, -0.2) is 0 Å². The number of halogens is 4. The van der Waals surface area contributed by atoms with E-state index in [-0.39, 0.29) is 31.8 Å². The second kappa shape index (κ2) is 17.2. The Bertz CT molecular complexity index is 1790. The number of rotatable bonds is 14. The second-order valence-electron chi connectivity index (χ2n) is 12.1. The van der Waals surface area contributed by atoms with Gasteiger partial charge in [0.15, 0.2) is 0 Å². The van der Waals surface area contributed by atoms with E-state index < -0.39 is 47.7 Å². The van der Waals surface area contributed by atoms with Gasteiger partial charge in [-0.05, 0) is 58.5 Å². The van der Waals surface area contributed by atoms with Crippen LogP contribution in [-0.2, 0) is 38.4 Å². The number of nitrogens with two attached hydrogens (primary N) is 1. The van der Waals surface area contributed by atoms with Crippen molar-refractivity contribution in [2.24, 2.45) is 5.73 Å². The largest absolute Gasteiger partial charge is 0.368 e. The number of carbonyl (C=O) groups excluding carboxylic acids is 4. The maximum absolute atomic E-state index is 14.2. The molecule has 1 aliphatic heterocycles. The number of amides is 4. The first kappa shape index (κ1) is 37.2. The molecule has 1 heterocycles. The van der Waals surface area contributed by atoms with E-state index in [0.29, 0.717) is 16.5 Å². The van der Waals surface area contributed by atoms with Gasteiger partial charge < -0.3 is 20.4 Å². The van der Waals surface area contributed by atoms with Gasteiger partial charge in [0.2, 0.25) is 23.6 Å². The quantitative estimate of drug-likeness (QED) is 0.116. The Morgan fingerprint density at radius 2 is 1.30 bits per heavy atom. The van der Waals surface area contributed by atoms with Gasteiger partial charge in [0.25, 0.3) is 0 Å². The Morgan fingerprint density at radius 1 is 0.760 bits per heavy atom. The van der Waals surface area contributed by atoms with E-state index in [1.807, 2.05) is 54.6 Å². The highest BCUT2D eigenvalue weighted by Crippen LogP contribution is 2.26. The van der Waals surface area contributed by atoms with Gasteiger partial charge in [0, 0.05) is 29.4 Å². The number of hydrogen-bond donors (Lipinski definition) is 1. The van der Waals surface area contributed by atoms with Gasteiger partial charge in [0.1, 0.15) is 30.1 Å². The van der Waals surface area contributed by atoms with Crippen molar-refractivity contribution in [2.75, 3.05) is 19.6 Å². The van der Waals surface area contributed by atoms with E-state index in [9.17, 15) is 19.2 Å². The van der Waals surface area contributed by atoms with Crippen molar-refractivity contribution in [3.8, 4) is 11.1 Å². The first-order valence-electron chi connectivity index (χ1n) is 16.1. The van der Waals surface area contributed by atoms with Gasteiger partial charge in [-0.15, -0.1) is 0 Å². The normalized spacial score (nSPS) is 15.9. The van der Waals surface area contributed by atoms with E-state index >= 15 is 0 Å². The van der Waals surface area contributed by atoms with Crippen LogP contribution < -0.4 is 5.73 Å². The molecule has 0 saturated carbocycles. The van der Waals surface area contributed by atoms with E-state index in [0.717, 1.165) is 32.7 Å². The summed E-state index contributed by atoms with van der Waals surface area (Å²) >= 11 is 25.6. The standard InChI is InChI=1S/C38H36Cl4N4O4/c39-30-14-8-26(9-15-30)20-33(41)45(23-35(43)47)36(48)22-32-38(50)46(34(42)21-27-10-16-31(40)17-11-27)24-37(49)44(32)19-18-25-6-12-29(13-7-25)28-4-2-1-3-5-28/h1-17,32-34H,18-24H2,(H2,43,47). The Hall–Kier alpha value is -4.08. The summed E-state index contributed by atoms with van der Waals surface area (Å²) in [5, 5.41) is 1.10. The van der Waals surface area contributed by atoms with Crippen LogP contribution in [0, 0.1) is 0 Å². The lowest BCUT2D eigenvalue weighted by atomic mass is 10.0. The summed E-state index contributed by atoms with van der Waals surface area (Å²) in [5.74, 6) is -2.21. The van der Waals surface area contributed by atoms with Crippen LogP contribution in [0.25, 0.3) is 11.1 Å². The van der Waals surface area contributed by atoms with Crippen LogP contribution in [0.4, 0.5) is 0 Å². The maximum Gasteiger partial charge on any atom is 0.247 e. The third-order valence-electron chi connectivity index (χ3n) is 8.60. The number of alkyl halides is 2. The molecule has 5 rings (SSSR count). The van der Waals surface area contributed by atoms with Gasteiger partial charge in [-0.1, -0.05) is 125 Å². The molecule has 2 N–H and O–H groups in total. The average molecular weight is 755 g/mol. The zero-order valence-electron chi connectivity index (χ0n) is 27.1. The molecule has 0 bridgehead atoms. The minimum Gasteiger partial charge on any atom is -0.368 e. The van der Waals surface area contributed by atoms with Crippen molar-refractivity contribution >= 4 is 70.0 Å². The molecule has 1 aliphatic rings. The van der Waals surface area contributed by atoms with Crippen LogP contribution >= 0.6 is 46.4 Å². The third-order valence-corrected chi connectivity index (χ3v) is 9.88. The number of carbonyl (C=O) groups is 4. The average Bonchev–Trinajstić information content (AvgIpc) is 3.10.